The Morgan fingerprint density at radius 3 is 1.32 bits per heavy atom. The van der Waals surface area contributed by atoms with E-state index in [1.54, 1.807) is 36.4 Å². The van der Waals surface area contributed by atoms with Crippen LogP contribution in [0.15, 0.2) is 170 Å². The predicted molar refractivity (Wildman–Crippen MR) is 227 cm³/mol. The van der Waals surface area contributed by atoms with Crippen LogP contribution in [0.3, 0.4) is 0 Å². The Bertz CT molecular complexity index is 2660. The van der Waals surface area contributed by atoms with E-state index in [0.717, 1.165) is 54.9 Å². The predicted octanol–water partition coefficient (Wildman–Crippen LogP) is 12.2. The smallest absolute Gasteiger partial charge is 0.343 e. The minimum atomic E-state index is -0.414. The van der Waals surface area contributed by atoms with E-state index in [0.29, 0.717) is 34.1 Å². The number of ether oxygens (including phenoxy) is 4. The molecule has 6 nitrogen and oxygen atoms in total. The fourth-order valence-corrected chi connectivity index (χ4v) is 7.12. The number of carbonyl (C=O) groups excluding carboxylic acids is 2. The summed E-state index contributed by atoms with van der Waals surface area (Å²) < 4.78 is 24.4. The van der Waals surface area contributed by atoms with Crippen LogP contribution in [0.5, 0.6) is 23.0 Å². The minimum Gasteiger partial charge on any atom is -0.456 e. The third-order valence-corrected chi connectivity index (χ3v) is 9.78. The van der Waals surface area contributed by atoms with Gasteiger partial charge >= 0.3 is 11.9 Å². The Morgan fingerprint density at radius 2 is 0.860 bits per heavy atom. The van der Waals surface area contributed by atoms with E-state index < -0.39 is 11.9 Å². The third-order valence-electron chi connectivity index (χ3n) is 9.78. The molecule has 0 bridgehead atoms. The summed E-state index contributed by atoms with van der Waals surface area (Å²) >= 11 is 0. The molecule has 0 spiro atoms. The summed E-state index contributed by atoms with van der Waals surface area (Å²) in [6.45, 7) is -0.00575. The molecule has 0 atom stereocenters. The summed E-state index contributed by atoms with van der Waals surface area (Å²) in [5.41, 5.74) is 6.31. The first kappa shape index (κ1) is 35.0. The number of hydrogen-bond donors (Lipinski definition) is 0. The number of rotatable bonds is 8. The van der Waals surface area contributed by atoms with Crippen molar-refractivity contribution in [1.29, 1.82) is 0 Å². The van der Waals surface area contributed by atoms with Gasteiger partial charge in [-0.2, -0.15) is 0 Å². The highest BCUT2D eigenvalue weighted by Crippen LogP contribution is 2.50. The highest BCUT2D eigenvalue weighted by atomic mass is 16.7. The van der Waals surface area contributed by atoms with Gasteiger partial charge in [0.2, 0.25) is 6.79 Å². The molecule has 1 aliphatic rings. The average molecular weight is 743 g/mol. The Labute approximate surface area is 329 Å². The Hall–Kier alpha value is -7.70. The van der Waals surface area contributed by atoms with Gasteiger partial charge in [-0.05, 0) is 93.3 Å². The molecule has 1 aliphatic heterocycles. The first-order valence-electron chi connectivity index (χ1n) is 18.6. The van der Waals surface area contributed by atoms with Crippen LogP contribution in [0.25, 0.3) is 57.0 Å². The first-order chi connectivity index (χ1) is 28.1. The number of carbonyl (C=O) groups is 2. The Kier molecular flexibility index (Phi) is 9.57. The van der Waals surface area contributed by atoms with E-state index in [1.807, 2.05) is 121 Å². The number of fused-ring (bicyclic) bond motifs is 7. The van der Waals surface area contributed by atoms with E-state index in [1.165, 1.54) is 0 Å². The molecule has 0 aromatic heterocycles. The summed E-state index contributed by atoms with van der Waals surface area (Å²) in [5.74, 6) is 1.48. The number of hydrogen-bond acceptors (Lipinski definition) is 6. The van der Waals surface area contributed by atoms with E-state index >= 15 is 0 Å². The summed E-state index contributed by atoms with van der Waals surface area (Å²) in [6.07, 6.45) is 8.03. The molecule has 1 heterocycles. The summed E-state index contributed by atoms with van der Waals surface area (Å²) in [6, 6.07) is 53.6. The molecule has 0 N–H and O–H groups in total. The Morgan fingerprint density at radius 1 is 0.439 bits per heavy atom. The molecular weight excluding hydrogens is 709 g/mol. The van der Waals surface area contributed by atoms with Gasteiger partial charge in [-0.3, -0.25) is 0 Å². The third kappa shape index (κ3) is 7.40. The van der Waals surface area contributed by atoms with Crippen molar-refractivity contribution in [1.82, 2.24) is 0 Å². The molecule has 0 unspecified atom stereocenters. The zero-order valence-corrected chi connectivity index (χ0v) is 30.6. The molecule has 0 amide bonds. The van der Waals surface area contributed by atoms with Crippen LogP contribution in [0.2, 0.25) is 0 Å². The fraction of sp³-hybridized carbons (Fsp3) is 0.0196. The second-order valence-corrected chi connectivity index (χ2v) is 13.5. The van der Waals surface area contributed by atoms with Crippen molar-refractivity contribution in [2.75, 3.05) is 6.79 Å². The van der Waals surface area contributed by atoms with Gasteiger partial charge in [0.25, 0.3) is 0 Å². The summed E-state index contributed by atoms with van der Waals surface area (Å²) in [4.78, 5) is 25.5. The lowest BCUT2D eigenvalue weighted by molar-refractivity contribution is 0.0725. The maximum absolute atomic E-state index is 12.8. The van der Waals surface area contributed by atoms with Crippen molar-refractivity contribution in [2.24, 2.45) is 0 Å². The van der Waals surface area contributed by atoms with Crippen LogP contribution < -0.4 is 18.9 Å². The Balaban J connectivity index is 1.10. The van der Waals surface area contributed by atoms with Crippen molar-refractivity contribution in [2.45, 2.75) is 0 Å². The van der Waals surface area contributed by atoms with Crippen molar-refractivity contribution < 1.29 is 28.5 Å². The normalized spacial score (nSPS) is 12.1. The van der Waals surface area contributed by atoms with E-state index in [2.05, 4.69) is 36.4 Å². The quantitative estimate of drug-likeness (QED) is 0.0877. The van der Waals surface area contributed by atoms with Crippen LogP contribution in [-0.4, -0.2) is 18.7 Å². The highest BCUT2D eigenvalue weighted by molar-refractivity contribution is 6.12. The lowest BCUT2D eigenvalue weighted by Gasteiger charge is -2.17. The van der Waals surface area contributed by atoms with Gasteiger partial charge < -0.3 is 18.9 Å². The maximum atomic E-state index is 12.8. The van der Waals surface area contributed by atoms with Crippen molar-refractivity contribution in [3.63, 3.8) is 0 Å². The zero-order valence-electron chi connectivity index (χ0n) is 30.6. The number of esters is 2. The molecule has 6 heteroatoms. The molecule has 0 aliphatic carbocycles. The van der Waals surface area contributed by atoms with Gasteiger partial charge in [0.15, 0.2) is 0 Å². The first-order valence-corrected chi connectivity index (χ1v) is 18.6. The van der Waals surface area contributed by atoms with E-state index in [-0.39, 0.29) is 6.79 Å². The van der Waals surface area contributed by atoms with Gasteiger partial charge in [0.05, 0.1) is 11.1 Å². The van der Waals surface area contributed by atoms with Crippen molar-refractivity contribution in [3.8, 4) is 34.1 Å². The summed E-state index contributed by atoms with van der Waals surface area (Å²) in [5, 5.41) is 4.16. The van der Waals surface area contributed by atoms with Crippen molar-refractivity contribution >= 4 is 57.8 Å². The standard InChI is InChI=1S/C51H34O6/c52-50(36-15-3-1-4-16-36)56-42-21-11-13-34(29-42)25-27-40-31-38-19-7-9-23-44(38)46-47-45-24-10-8-20-39(45)32-41(49(47)55-33-54-48(40)46)28-26-35-14-12-22-43(30-35)57-51(53)37-17-5-2-6-18-37/h1-32H,33H2/b27-25-,28-26-. The van der Waals surface area contributed by atoms with E-state index in [9.17, 15) is 9.59 Å². The van der Waals surface area contributed by atoms with Crippen LogP contribution in [0.4, 0.5) is 0 Å². The molecule has 0 fully saturated rings. The minimum absolute atomic E-state index is 0.00575. The molecule has 57 heavy (non-hydrogen) atoms. The molecule has 274 valence electrons. The molecule has 8 aromatic carbocycles. The lowest BCUT2D eigenvalue weighted by atomic mass is 9.88. The fourth-order valence-electron chi connectivity index (χ4n) is 7.12. The lowest BCUT2D eigenvalue weighted by Crippen LogP contribution is -2.08. The largest absolute Gasteiger partial charge is 0.456 e. The summed E-state index contributed by atoms with van der Waals surface area (Å²) in [7, 11) is 0. The van der Waals surface area contributed by atoms with Gasteiger partial charge in [-0.25, -0.2) is 9.59 Å². The second-order valence-electron chi connectivity index (χ2n) is 13.5. The van der Waals surface area contributed by atoms with Crippen molar-refractivity contribution in [3.05, 3.63) is 203 Å². The van der Waals surface area contributed by atoms with Crippen LogP contribution in [-0.2, 0) is 0 Å². The molecule has 0 saturated heterocycles. The highest BCUT2D eigenvalue weighted by Gasteiger charge is 2.26. The SMILES string of the molecule is O=C(Oc1cccc(/C=C\c2cc3ccccc3c3c2OCOc2c(/C=C\c4cccc(OC(=O)c5ccccc5)c4)cc4ccccc4c2-3)c1)c1ccccc1. The molecule has 0 radical (unpaired) electrons. The van der Waals surface area contributed by atoms with Crippen LogP contribution in [0.1, 0.15) is 43.0 Å². The molecule has 8 aromatic rings. The monoisotopic (exact) mass is 742 g/mol. The van der Waals surface area contributed by atoms with Gasteiger partial charge in [-0.15, -0.1) is 0 Å². The average Bonchev–Trinajstić information content (AvgIpc) is 3.47. The maximum Gasteiger partial charge on any atom is 0.343 e. The number of benzene rings is 8. The topological polar surface area (TPSA) is 71.1 Å². The molecule has 0 saturated carbocycles. The zero-order chi connectivity index (χ0) is 38.6. The van der Waals surface area contributed by atoms with Crippen LogP contribution >= 0.6 is 0 Å². The van der Waals surface area contributed by atoms with Gasteiger partial charge in [0, 0.05) is 22.3 Å². The van der Waals surface area contributed by atoms with Gasteiger partial charge in [0.1, 0.15) is 23.0 Å². The second kappa shape index (κ2) is 15.6. The molecular formula is C51H34O6. The van der Waals surface area contributed by atoms with Gasteiger partial charge in [-0.1, -0.05) is 133 Å². The van der Waals surface area contributed by atoms with E-state index in [4.69, 9.17) is 18.9 Å². The van der Waals surface area contributed by atoms with Crippen LogP contribution in [0, 0.1) is 0 Å². The molecule has 9 rings (SSSR count).